The monoisotopic (exact) mass is 250 g/mol. The quantitative estimate of drug-likeness (QED) is 0.768. The Morgan fingerprint density at radius 2 is 2.00 bits per heavy atom. The van der Waals surface area contributed by atoms with Crippen LogP contribution in [0.2, 0.25) is 0 Å². The standard InChI is InChI=1S/C14H22N2O2/c1-9-5-6-13(10(2)7-9)16-14(18)15-12(4)11(3)8-17/h5-7,11-12,17H,8H2,1-4H3,(H2,15,16,18)/t11-,12+/m1/s1. The minimum absolute atomic E-state index is 0.0369. The summed E-state index contributed by atoms with van der Waals surface area (Å²) >= 11 is 0. The average Bonchev–Trinajstić information content (AvgIpc) is 2.31. The maximum Gasteiger partial charge on any atom is 0.319 e. The van der Waals surface area contributed by atoms with Gasteiger partial charge in [0.2, 0.25) is 0 Å². The normalized spacial score (nSPS) is 13.8. The van der Waals surface area contributed by atoms with E-state index in [0.717, 1.165) is 11.3 Å². The molecule has 0 aliphatic rings. The molecule has 0 radical (unpaired) electrons. The number of hydrogen-bond acceptors (Lipinski definition) is 2. The van der Waals surface area contributed by atoms with Crippen molar-refractivity contribution in [1.29, 1.82) is 0 Å². The number of aryl methyl sites for hydroxylation is 2. The Kier molecular flexibility index (Phi) is 5.16. The Bertz CT molecular complexity index is 418. The van der Waals surface area contributed by atoms with Gasteiger partial charge in [0.15, 0.2) is 0 Å². The first-order valence-electron chi connectivity index (χ1n) is 6.19. The molecule has 0 unspecified atom stereocenters. The van der Waals surface area contributed by atoms with Crippen LogP contribution in [0.15, 0.2) is 18.2 Å². The van der Waals surface area contributed by atoms with E-state index in [9.17, 15) is 4.79 Å². The lowest BCUT2D eigenvalue weighted by Gasteiger charge is -2.20. The first kappa shape index (κ1) is 14.5. The summed E-state index contributed by atoms with van der Waals surface area (Å²) in [6, 6.07) is 5.57. The van der Waals surface area contributed by atoms with Gasteiger partial charge in [0, 0.05) is 18.3 Å². The van der Waals surface area contributed by atoms with Gasteiger partial charge in [-0.3, -0.25) is 0 Å². The second kappa shape index (κ2) is 6.40. The molecule has 0 aliphatic carbocycles. The fourth-order valence-corrected chi connectivity index (χ4v) is 1.62. The zero-order valence-electron chi connectivity index (χ0n) is 11.4. The van der Waals surface area contributed by atoms with E-state index < -0.39 is 0 Å². The van der Waals surface area contributed by atoms with Crippen LogP contribution in [0.25, 0.3) is 0 Å². The van der Waals surface area contributed by atoms with Crippen molar-refractivity contribution in [2.75, 3.05) is 11.9 Å². The van der Waals surface area contributed by atoms with Crippen molar-refractivity contribution in [3.63, 3.8) is 0 Å². The Labute approximate surface area is 108 Å². The molecule has 4 nitrogen and oxygen atoms in total. The Hall–Kier alpha value is -1.55. The third kappa shape index (κ3) is 4.04. The third-order valence-electron chi connectivity index (χ3n) is 3.13. The van der Waals surface area contributed by atoms with Crippen LogP contribution in [0.4, 0.5) is 10.5 Å². The zero-order chi connectivity index (χ0) is 13.7. The number of anilines is 1. The van der Waals surface area contributed by atoms with Crippen molar-refractivity contribution >= 4 is 11.7 Å². The minimum Gasteiger partial charge on any atom is -0.396 e. The molecule has 100 valence electrons. The lowest BCUT2D eigenvalue weighted by molar-refractivity contribution is 0.204. The van der Waals surface area contributed by atoms with Crippen molar-refractivity contribution in [3.05, 3.63) is 29.3 Å². The number of hydrogen-bond donors (Lipinski definition) is 3. The molecule has 2 amide bonds. The summed E-state index contributed by atoms with van der Waals surface area (Å²) in [6.45, 7) is 7.81. The maximum absolute atomic E-state index is 11.8. The van der Waals surface area contributed by atoms with E-state index in [-0.39, 0.29) is 24.6 Å². The Balaban J connectivity index is 2.59. The topological polar surface area (TPSA) is 61.4 Å². The van der Waals surface area contributed by atoms with Gasteiger partial charge in [-0.15, -0.1) is 0 Å². The van der Waals surface area contributed by atoms with E-state index in [1.165, 1.54) is 5.56 Å². The van der Waals surface area contributed by atoms with Gasteiger partial charge in [-0.2, -0.15) is 0 Å². The smallest absolute Gasteiger partial charge is 0.319 e. The van der Waals surface area contributed by atoms with Gasteiger partial charge in [-0.05, 0) is 38.3 Å². The lowest BCUT2D eigenvalue weighted by Crippen LogP contribution is -2.40. The molecule has 0 saturated heterocycles. The van der Waals surface area contributed by atoms with Crippen molar-refractivity contribution in [3.8, 4) is 0 Å². The van der Waals surface area contributed by atoms with Crippen LogP contribution < -0.4 is 10.6 Å². The number of rotatable bonds is 4. The fourth-order valence-electron chi connectivity index (χ4n) is 1.62. The average molecular weight is 250 g/mol. The van der Waals surface area contributed by atoms with Crippen molar-refractivity contribution in [2.24, 2.45) is 5.92 Å². The second-order valence-electron chi connectivity index (χ2n) is 4.87. The Morgan fingerprint density at radius 1 is 1.33 bits per heavy atom. The molecule has 3 N–H and O–H groups in total. The van der Waals surface area contributed by atoms with Gasteiger partial charge in [-0.25, -0.2) is 4.79 Å². The van der Waals surface area contributed by atoms with Crippen molar-refractivity contribution in [2.45, 2.75) is 33.7 Å². The molecule has 1 aromatic carbocycles. The van der Waals surface area contributed by atoms with E-state index in [4.69, 9.17) is 5.11 Å². The predicted molar refractivity (Wildman–Crippen MR) is 73.8 cm³/mol. The summed E-state index contributed by atoms with van der Waals surface area (Å²) in [5, 5.41) is 14.6. The number of carbonyl (C=O) groups is 1. The Morgan fingerprint density at radius 3 is 2.56 bits per heavy atom. The van der Waals surface area contributed by atoms with Crippen LogP contribution in [0.3, 0.4) is 0 Å². The van der Waals surface area contributed by atoms with Gasteiger partial charge in [0.05, 0.1) is 0 Å². The van der Waals surface area contributed by atoms with Gasteiger partial charge in [0.1, 0.15) is 0 Å². The highest BCUT2D eigenvalue weighted by Gasteiger charge is 2.14. The number of benzene rings is 1. The third-order valence-corrected chi connectivity index (χ3v) is 3.13. The van der Waals surface area contributed by atoms with Crippen LogP contribution >= 0.6 is 0 Å². The van der Waals surface area contributed by atoms with Gasteiger partial charge >= 0.3 is 6.03 Å². The number of amides is 2. The molecule has 0 heterocycles. The van der Waals surface area contributed by atoms with Crippen LogP contribution in [-0.4, -0.2) is 23.8 Å². The van der Waals surface area contributed by atoms with Crippen molar-refractivity contribution in [1.82, 2.24) is 5.32 Å². The molecule has 4 heteroatoms. The summed E-state index contributed by atoms with van der Waals surface area (Å²) in [5.74, 6) is 0.0369. The first-order valence-corrected chi connectivity index (χ1v) is 6.19. The second-order valence-corrected chi connectivity index (χ2v) is 4.87. The molecule has 18 heavy (non-hydrogen) atoms. The summed E-state index contributed by atoms with van der Waals surface area (Å²) in [7, 11) is 0. The van der Waals surface area contributed by atoms with Crippen molar-refractivity contribution < 1.29 is 9.90 Å². The van der Waals surface area contributed by atoms with E-state index in [1.807, 2.05) is 45.9 Å². The van der Waals surface area contributed by atoms with Gasteiger partial charge in [0.25, 0.3) is 0 Å². The predicted octanol–water partition coefficient (Wildman–Crippen LogP) is 2.44. The van der Waals surface area contributed by atoms with E-state index in [0.29, 0.717) is 0 Å². The van der Waals surface area contributed by atoms with Crippen LogP contribution in [0.1, 0.15) is 25.0 Å². The van der Waals surface area contributed by atoms with Crippen LogP contribution in [0.5, 0.6) is 0 Å². The molecular formula is C14H22N2O2. The molecule has 0 aromatic heterocycles. The van der Waals surface area contributed by atoms with E-state index in [1.54, 1.807) is 0 Å². The number of carbonyl (C=O) groups excluding carboxylic acids is 1. The molecule has 2 atom stereocenters. The molecule has 0 saturated carbocycles. The molecule has 1 aromatic rings. The highest BCUT2D eigenvalue weighted by atomic mass is 16.3. The number of nitrogens with one attached hydrogen (secondary N) is 2. The summed E-state index contributed by atoms with van der Waals surface area (Å²) in [4.78, 5) is 11.8. The number of aliphatic hydroxyl groups excluding tert-OH is 1. The van der Waals surface area contributed by atoms with Crippen LogP contribution in [0, 0.1) is 19.8 Å². The molecular weight excluding hydrogens is 228 g/mol. The highest BCUT2D eigenvalue weighted by Crippen LogP contribution is 2.15. The first-order chi connectivity index (χ1) is 8.43. The highest BCUT2D eigenvalue weighted by molar-refractivity contribution is 5.90. The number of urea groups is 1. The SMILES string of the molecule is Cc1ccc(NC(=O)N[C@@H](C)[C@H](C)CO)c(C)c1. The maximum atomic E-state index is 11.8. The lowest BCUT2D eigenvalue weighted by atomic mass is 10.1. The van der Waals surface area contributed by atoms with Gasteiger partial charge < -0.3 is 15.7 Å². The summed E-state index contributed by atoms with van der Waals surface area (Å²) in [5.41, 5.74) is 3.01. The molecule has 0 aliphatic heterocycles. The molecule has 1 rings (SSSR count). The summed E-state index contributed by atoms with van der Waals surface area (Å²) in [6.07, 6.45) is 0. The van der Waals surface area contributed by atoms with Crippen LogP contribution in [-0.2, 0) is 0 Å². The molecule has 0 spiro atoms. The number of aliphatic hydroxyl groups is 1. The van der Waals surface area contributed by atoms with E-state index in [2.05, 4.69) is 10.6 Å². The molecule has 0 bridgehead atoms. The largest absolute Gasteiger partial charge is 0.396 e. The minimum atomic E-state index is -0.241. The van der Waals surface area contributed by atoms with Gasteiger partial charge in [-0.1, -0.05) is 24.6 Å². The molecule has 0 fully saturated rings. The zero-order valence-corrected chi connectivity index (χ0v) is 11.4. The van der Waals surface area contributed by atoms with E-state index >= 15 is 0 Å². The fraction of sp³-hybridized carbons (Fsp3) is 0.500. The summed E-state index contributed by atoms with van der Waals surface area (Å²) < 4.78 is 0.